The molecule has 4 nitrogen and oxygen atoms in total. The van der Waals surface area contributed by atoms with Crippen molar-refractivity contribution in [3.8, 4) is 0 Å². The highest BCUT2D eigenvalue weighted by atomic mass is 32.2. The lowest BCUT2D eigenvalue weighted by Gasteiger charge is -2.17. The van der Waals surface area contributed by atoms with E-state index in [-0.39, 0.29) is 6.54 Å². The Labute approximate surface area is 122 Å². The molecule has 0 radical (unpaired) electrons. The Balaban J connectivity index is 2.15. The lowest BCUT2D eigenvalue weighted by Crippen LogP contribution is -2.29. The molecule has 0 unspecified atom stereocenters. The molecule has 7 heteroatoms. The number of sulfonamides is 1. The highest BCUT2D eigenvalue weighted by molar-refractivity contribution is 7.89. The molecule has 0 N–H and O–H groups in total. The van der Waals surface area contributed by atoms with Crippen LogP contribution < -0.4 is 0 Å². The zero-order valence-corrected chi connectivity index (χ0v) is 12.1. The third-order valence-electron chi connectivity index (χ3n) is 2.95. The van der Waals surface area contributed by atoms with E-state index in [0.29, 0.717) is 12.5 Å². The maximum Gasteiger partial charge on any atom is 0.243 e. The van der Waals surface area contributed by atoms with E-state index in [0.717, 1.165) is 22.1 Å². The molecule has 1 aromatic carbocycles. The van der Waals surface area contributed by atoms with Gasteiger partial charge in [-0.05, 0) is 24.3 Å². The Morgan fingerprint density at radius 1 is 1.14 bits per heavy atom. The van der Waals surface area contributed by atoms with E-state index in [4.69, 9.17) is 0 Å². The largest absolute Gasteiger partial charge is 0.261 e. The fraction of sp³-hybridized carbons (Fsp3) is 0.214. The van der Waals surface area contributed by atoms with Crippen LogP contribution in [-0.4, -0.2) is 31.3 Å². The minimum absolute atomic E-state index is 0.164. The molecule has 0 atom stereocenters. The van der Waals surface area contributed by atoms with Crippen molar-refractivity contribution in [3.05, 3.63) is 59.9 Å². The van der Waals surface area contributed by atoms with E-state index in [1.807, 2.05) is 0 Å². The first kappa shape index (κ1) is 15.5. The second-order valence-corrected chi connectivity index (χ2v) is 6.55. The third-order valence-corrected chi connectivity index (χ3v) is 4.79. The minimum atomic E-state index is -3.93. The van der Waals surface area contributed by atoms with Gasteiger partial charge in [0.15, 0.2) is 0 Å². The minimum Gasteiger partial charge on any atom is -0.261 e. The van der Waals surface area contributed by atoms with Gasteiger partial charge in [0.1, 0.15) is 11.6 Å². The van der Waals surface area contributed by atoms with Crippen molar-refractivity contribution in [2.75, 3.05) is 13.6 Å². The lowest BCUT2D eigenvalue weighted by molar-refractivity contribution is 0.468. The number of hydrogen-bond donors (Lipinski definition) is 0. The van der Waals surface area contributed by atoms with Crippen LogP contribution in [0.5, 0.6) is 0 Å². The summed E-state index contributed by atoms with van der Waals surface area (Å²) in [6.07, 6.45) is 2.03. The summed E-state index contributed by atoms with van der Waals surface area (Å²) in [7, 11) is -2.57. The molecular formula is C14H14F2N2O2S. The topological polar surface area (TPSA) is 50.3 Å². The molecule has 2 rings (SSSR count). The smallest absolute Gasteiger partial charge is 0.243 e. The number of nitrogens with zero attached hydrogens (tertiary/aromatic N) is 2. The van der Waals surface area contributed by atoms with E-state index in [2.05, 4.69) is 4.98 Å². The number of hydrogen-bond acceptors (Lipinski definition) is 3. The second-order valence-electron chi connectivity index (χ2n) is 4.50. The second kappa shape index (κ2) is 6.28. The van der Waals surface area contributed by atoms with Crippen LogP contribution in [0.3, 0.4) is 0 Å². The van der Waals surface area contributed by atoms with E-state index in [1.165, 1.54) is 7.05 Å². The van der Waals surface area contributed by atoms with Gasteiger partial charge < -0.3 is 0 Å². The highest BCUT2D eigenvalue weighted by Crippen LogP contribution is 2.17. The van der Waals surface area contributed by atoms with Gasteiger partial charge in [-0.1, -0.05) is 6.07 Å². The summed E-state index contributed by atoms with van der Waals surface area (Å²) in [5.74, 6) is -1.85. The van der Waals surface area contributed by atoms with Crippen LogP contribution in [0.1, 0.15) is 5.69 Å². The quantitative estimate of drug-likeness (QED) is 0.850. The van der Waals surface area contributed by atoms with Crippen molar-refractivity contribution in [3.63, 3.8) is 0 Å². The first-order chi connectivity index (χ1) is 9.89. The molecule has 2 aromatic rings. The standard InChI is InChI=1S/C14H14F2N2O2S/c1-18(7-5-13-4-2-3-6-17-13)21(19,20)14-9-11(15)8-12(16)10-14/h2-4,6,8-10H,5,7H2,1H3. The van der Waals surface area contributed by atoms with Crippen molar-refractivity contribution in [1.29, 1.82) is 0 Å². The maximum atomic E-state index is 13.1. The molecule has 0 amide bonds. The van der Waals surface area contributed by atoms with Crippen LogP contribution in [-0.2, 0) is 16.4 Å². The summed E-state index contributed by atoms with van der Waals surface area (Å²) >= 11 is 0. The molecule has 0 aliphatic heterocycles. The zero-order chi connectivity index (χ0) is 15.5. The Bertz CT molecular complexity index is 701. The summed E-state index contributed by atoms with van der Waals surface area (Å²) in [6.45, 7) is 0.164. The van der Waals surface area contributed by atoms with Gasteiger partial charge in [0, 0.05) is 38.0 Å². The number of rotatable bonds is 5. The predicted molar refractivity (Wildman–Crippen MR) is 74.1 cm³/mol. The Morgan fingerprint density at radius 3 is 2.38 bits per heavy atom. The number of benzene rings is 1. The number of halogens is 2. The molecule has 21 heavy (non-hydrogen) atoms. The molecule has 0 fully saturated rings. The van der Waals surface area contributed by atoms with Gasteiger partial charge in [0.05, 0.1) is 4.90 Å². The van der Waals surface area contributed by atoms with Crippen molar-refractivity contribution < 1.29 is 17.2 Å². The van der Waals surface area contributed by atoms with Gasteiger partial charge in [-0.25, -0.2) is 21.5 Å². The fourth-order valence-electron chi connectivity index (χ4n) is 1.80. The maximum absolute atomic E-state index is 13.1. The number of pyridine rings is 1. The van der Waals surface area contributed by atoms with Crippen LogP contribution in [0.2, 0.25) is 0 Å². The van der Waals surface area contributed by atoms with E-state index in [1.54, 1.807) is 24.4 Å². The molecular weight excluding hydrogens is 298 g/mol. The van der Waals surface area contributed by atoms with Gasteiger partial charge in [-0.3, -0.25) is 4.98 Å². The van der Waals surface area contributed by atoms with Crippen molar-refractivity contribution in [2.45, 2.75) is 11.3 Å². The molecule has 112 valence electrons. The third kappa shape index (κ3) is 3.83. The average Bonchev–Trinajstić information content (AvgIpc) is 2.44. The van der Waals surface area contributed by atoms with Gasteiger partial charge in [0.25, 0.3) is 0 Å². The van der Waals surface area contributed by atoms with Crippen LogP contribution in [0, 0.1) is 11.6 Å². The SMILES string of the molecule is CN(CCc1ccccn1)S(=O)(=O)c1cc(F)cc(F)c1. The van der Waals surface area contributed by atoms with Gasteiger partial charge in [0.2, 0.25) is 10.0 Å². The molecule has 0 bridgehead atoms. The summed E-state index contributed by atoms with van der Waals surface area (Å²) < 4.78 is 51.8. The van der Waals surface area contributed by atoms with E-state index >= 15 is 0 Å². The van der Waals surface area contributed by atoms with Gasteiger partial charge in [-0.15, -0.1) is 0 Å². The number of aromatic nitrogens is 1. The molecule has 0 saturated carbocycles. The van der Waals surface area contributed by atoms with Gasteiger partial charge >= 0.3 is 0 Å². The summed E-state index contributed by atoms with van der Waals surface area (Å²) in [4.78, 5) is 3.69. The summed E-state index contributed by atoms with van der Waals surface area (Å²) in [5, 5.41) is 0. The average molecular weight is 312 g/mol. The monoisotopic (exact) mass is 312 g/mol. The number of likely N-dealkylation sites (N-methyl/N-ethyl adjacent to an activating group) is 1. The highest BCUT2D eigenvalue weighted by Gasteiger charge is 2.22. The van der Waals surface area contributed by atoms with E-state index < -0.39 is 26.6 Å². The molecule has 0 saturated heterocycles. The van der Waals surface area contributed by atoms with Crippen LogP contribution >= 0.6 is 0 Å². The first-order valence-electron chi connectivity index (χ1n) is 6.22. The van der Waals surface area contributed by atoms with Crippen molar-refractivity contribution in [1.82, 2.24) is 9.29 Å². The summed E-state index contributed by atoms with van der Waals surface area (Å²) in [5.41, 5.74) is 0.741. The van der Waals surface area contributed by atoms with Gasteiger partial charge in [-0.2, -0.15) is 0 Å². The summed E-state index contributed by atoms with van der Waals surface area (Å²) in [6, 6.07) is 7.58. The van der Waals surface area contributed by atoms with Crippen LogP contribution in [0.4, 0.5) is 8.78 Å². The van der Waals surface area contributed by atoms with E-state index in [9.17, 15) is 17.2 Å². The normalized spacial score (nSPS) is 11.8. The molecule has 0 aliphatic rings. The zero-order valence-electron chi connectivity index (χ0n) is 11.3. The van der Waals surface area contributed by atoms with Crippen molar-refractivity contribution >= 4 is 10.0 Å². The lowest BCUT2D eigenvalue weighted by atomic mass is 10.3. The van der Waals surface area contributed by atoms with Crippen LogP contribution in [0.25, 0.3) is 0 Å². The first-order valence-corrected chi connectivity index (χ1v) is 7.66. The fourth-order valence-corrected chi connectivity index (χ4v) is 3.01. The Kier molecular flexibility index (Phi) is 4.64. The van der Waals surface area contributed by atoms with Crippen LogP contribution in [0.15, 0.2) is 47.5 Å². The molecule has 0 spiro atoms. The molecule has 1 heterocycles. The Morgan fingerprint density at radius 2 is 1.81 bits per heavy atom. The molecule has 1 aromatic heterocycles. The Hall–Kier alpha value is -1.86. The van der Waals surface area contributed by atoms with Crippen molar-refractivity contribution in [2.24, 2.45) is 0 Å². The predicted octanol–water partition coefficient (Wildman–Crippen LogP) is 2.22. The molecule has 0 aliphatic carbocycles.